The summed E-state index contributed by atoms with van der Waals surface area (Å²) in [4.78, 5) is 71.7. The van der Waals surface area contributed by atoms with Crippen molar-refractivity contribution in [2.75, 3.05) is 48.3 Å². The predicted octanol–water partition coefficient (Wildman–Crippen LogP) is 7.26. The number of hydrogen-bond acceptors (Lipinski definition) is 15. The molecule has 10 rings (SSSR count). The number of pyridine rings is 2. The van der Waals surface area contributed by atoms with Crippen LogP contribution in [0.15, 0.2) is 97.8 Å². The van der Waals surface area contributed by atoms with Gasteiger partial charge >= 0.3 is 6.09 Å². The molecule has 22 heteroatoms. The summed E-state index contributed by atoms with van der Waals surface area (Å²) in [6.07, 6.45) is 7.08. The molecule has 3 amide bonds. The van der Waals surface area contributed by atoms with E-state index in [1.54, 1.807) is 58.1 Å². The second kappa shape index (κ2) is 19.7. The average Bonchev–Trinajstić information content (AvgIpc) is 4.21. The third-order valence-corrected chi connectivity index (χ3v) is 11.6. The number of nitrogens with one attached hydrogen (secondary N) is 3. The van der Waals surface area contributed by atoms with E-state index in [1.807, 2.05) is 37.6 Å². The molecule has 2 aromatic carbocycles. The molecule has 2 saturated heterocycles. The van der Waals surface area contributed by atoms with Gasteiger partial charge in [-0.05, 0) is 88.7 Å². The summed E-state index contributed by atoms with van der Waals surface area (Å²) >= 11 is 0. The van der Waals surface area contributed by atoms with Gasteiger partial charge in [-0.2, -0.15) is 10.2 Å². The molecule has 0 unspecified atom stereocenters. The van der Waals surface area contributed by atoms with Crippen LogP contribution < -0.4 is 27.4 Å². The topological polar surface area (TPSA) is 274 Å². The van der Waals surface area contributed by atoms with Crippen molar-refractivity contribution in [3.63, 3.8) is 0 Å². The van der Waals surface area contributed by atoms with Gasteiger partial charge < -0.3 is 37.1 Å². The Morgan fingerprint density at radius 2 is 1.18 bits per heavy atom. The summed E-state index contributed by atoms with van der Waals surface area (Å²) in [7, 11) is 0. The summed E-state index contributed by atoms with van der Waals surface area (Å²) in [6.45, 7) is 22.4. The van der Waals surface area contributed by atoms with Crippen LogP contribution in [0.3, 0.4) is 0 Å². The molecule has 2 fully saturated rings. The molecule has 2 aliphatic rings. The number of anilines is 4. The molecule has 0 aliphatic carbocycles. The summed E-state index contributed by atoms with van der Waals surface area (Å²) in [5, 5.41) is 19.7. The van der Waals surface area contributed by atoms with Gasteiger partial charge in [-0.1, -0.05) is 24.3 Å². The quantitative estimate of drug-likeness (QED) is 0.0938. The van der Waals surface area contributed by atoms with Crippen molar-refractivity contribution < 1.29 is 19.1 Å². The van der Waals surface area contributed by atoms with Crippen molar-refractivity contribution in [3.05, 3.63) is 132 Å². The number of hydrogen-bond donors (Lipinski definition) is 5. The first-order valence-electron chi connectivity index (χ1n) is 22.4. The predicted molar refractivity (Wildman–Crippen MR) is 265 cm³/mol. The maximum Gasteiger partial charge on any atom is 0.410 e. The van der Waals surface area contributed by atoms with Gasteiger partial charge in [-0.3, -0.25) is 9.59 Å². The fourth-order valence-corrected chi connectivity index (χ4v) is 8.24. The Hall–Kier alpha value is -9.41. The lowest BCUT2D eigenvalue weighted by Gasteiger charge is -2.24. The van der Waals surface area contributed by atoms with E-state index < -0.39 is 5.60 Å². The molecule has 6 aromatic heterocycles. The number of fused-ring (bicyclic) bond motifs is 2. The van der Waals surface area contributed by atoms with E-state index in [0.29, 0.717) is 92.9 Å². The van der Waals surface area contributed by atoms with Gasteiger partial charge in [0.2, 0.25) is 0 Å². The van der Waals surface area contributed by atoms with Crippen LogP contribution >= 0.6 is 0 Å². The largest absolute Gasteiger partial charge is 0.444 e. The molecule has 0 saturated carbocycles. The number of benzene rings is 2. The fraction of sp³-hybridized carbons (Fsp3) is 0.245. The summed E-state index contributed by atoms with van der Waals surface area (Å²) in [5.41, 5.74) is 17.6. The molecule has 71 heavy (non-hydrogen) atoms. The zero-order valence-corrected chi connectivity index (χ0v) is 38.7. The van der Waals surface area contributed by atoms with Gasteiger partial charge in [0.1, 0.15) is 52.9 Å². The highest BCUT2D eigenvalue weighted by atomic mass is 16.6. The number of carbonyl (C=O) groups is 3. The van der Waals surface area contributed by atoms with Crippen LogP contribution in [-0.2, 0) is 4.74 Å². The number of aromatic nitrogens is 10. The number of likely N-dealkylation sites (tertiary alicyclic amines) is 1. The normalized spacial score (nSPS) is 15.4. The first-order chi connectivity index (χ1) is 34.3. The highest BCUT2D eigenvalue weighted by Crippen LogP contribution is 2.36. The molecule has 8 heterocycles. The number of carbonyl (C=O) groups excluding carboxylic acids is 3. The Labute approximate surface area is 406 Å². The second-order valence-corrected chi connectivity index (χ2v) is 17.6. The van der Waals surface area contributed by atoms with E-state index in [4.69, 9.17) is 39.5 Å². The third kappa shape index (κ3) is 10.1. The first kappa shape index (κ1) is 46.7. The second-order valence-electron chi connectivity index (χ2n) is 17.6. The van der Waals surface area contributed by atoms with Crippen LogP contribution in [0.1, 0.15) is 66.4 Å². The number of nitrogens with zero attached hydrogens (tertiary/aromatic N) is 13. The lowest BCUT2D eigenvalue weighted by Crippen LogP contribution is -2.35. The Morgan fingerprint density at radius 3 is 1.63 bits per heavy atom. The number of amides is 3. The van der Waals surface area contributed by atoms with Crippen molar-refractivity contribution in [2.24, 2.45) is 0 Å². The van der Waals surface area contributed by atoms with E-state index in [9.17, 15) is 14.4 Å². The molecule has 0 spiro atoms. The van der Waals surface area contributed by atoms with Crippen molar-refractivity contribution >= 4 is 74.6 Å². The maximum absolute atomic E-state index is 12.7. The van der Waals surface area contributed by atoms with E-state index in [2.05, 4.69) is 55.5 Å². The van der Waals surface area contributed by atoms with E-state index in [1.165, 1.54) is 37.2 Å². The van der Waals surface area contributed by atoms with Crippen molar-refractivity contribution in [1.82, 2.24) is 59.7 Å². The highest BCUT2D eigenvalue weighted by molar-refractivity contribution is 6.06. The van der Waals surface area contributed by atoms with Gasteiger partial charge in [0.05, 0.1) is 36.0 Å². The number of ether oxygens (including phenoxy) is 1. The molecule has 356 valence electrons. The number of rotatable bonds is 8. The van der Waals surface area contributed by atoms with Crippen LogP contribution in [0.4, 0.5) is 39.4 Å². The number of nitrogen functional groups attached to an aromatic ring is 2. The van der Waals surface area contributed by atoms with E-state index >= 15 is 0 Å². The molecule has 2 aliphatic heterocycles. The molecular weight excluding hydrogens is 905 g/mol. The lowest BCUT2D eigenvalue weighted by molar-refractivity contribution is 0.0288. The minimum absolute atomic E-state index is 0.119. The Balaban J connectivity index is 0.000000179. The summed E-state index contributed by atoms with van der Waals surface area (Å²) in [5.74, 6) is 0.603. The molecule has 22 nitrogen and oxygen atoms in total. The molecular formula is C49H46N18O4. The van der Waals surface area contributed by atoms with Crippen LogP contribution in [0, 0.1) is 13.1 Å². The van der Waals surface area contributed by atoms with Crippen molar-refractivity contribution in [1.29, 1.82) is 0 Å². The van der Waals surface area contributed by atoms with Gasteiger partial charge in [0.15, 0.2) is 22.7 Å². The molecule has 8 aromatic rings. The van der Waals surface area contributed by atoms with Crippen LogP contribution in [0.2, 0.25) is 0 Å². The first-order valence-corrected chi connectivity index (χ1v) is 22.4. The summed E-state index contributed by atoms with van der Waals surface area (Å²) < 4.78 is 9.24. The Bertz CT molecular complexity index is 3400. The zero-order valence-electron chi connectivity index (χ0n) is 38.7. The third-order valence-electron chi connectivity index (χ3n) is 11.6. The number of nitrogens with two attached hydrogens (primary N) is 2. The molecule has 2 atom stereocenters. The van der Waals surface area contributed by atoms with Gasteiger partial charge in [-0.25, -0.2) is 53.8 Å². The fourth-order valence-electron chi connectivity index (χ4n) is 8.24. The monoisotopic (exact) mass is 950 g/mol. The van der Waals surface area contributed by atoms with E-state index in [-0.39, 0.29) is 35.8 Å². The maximum atomic E-state index is 12.7. The lowest BCUT2D eigenvalue weighted by atomic mass is 10.1. The smallest absolute Gasteiger partial charge is 0.410 e. The standard InChI is InChI=1S/C27H27N9O3.C22H19N9O/c1-27(2,3)39-26(38)35-12-10-19(14-35)36-24-21(23(28)31-15-32-24)22(34-36)16-5-7-17(8-6-16)25(37)33-20-13-18(29-4)9-11-30-20;1-24-15-6-9-26-17(10-15)29-22(32)14-4-2-13(3-5-14)19-18-20(23)27-12-28-21(18)31(30-19)16-7-8-25-11-16/h5-9,11,13,15,19H,10,12,14H2,1-3H3,(H2,28,31,32)(H,30,33,37);2-6,9-10,12,16,25H,7-8,11H2,(H2,23,27,28)(H,26,29,32)/t19-;16-/m11/s1. The minimum atomic E-state index is -0.580. The van der Waals surface area contributed by atoms with Gasteiger partial charge in [-0.15, -0.1) is 0 Å². The van der Waals surface area contributed by atoms with Gasteiger partial charge in [0.25, 0.3) is 11.8 Å². The Morgan fingerprint density at radius 1 is 0.690 bits per heavy atom. The van der Waals surface area contributed by atoms with Crippen molar-refractivity contribution in [3.8, 4) is 22.5 Å². The van der Waals surface area contributed by atoms with Crippen LogP contribution in [0.25, 0.3) is 54.3 Å². The van der Waals surface area contributed by atoms with Gasteiger partial charge in [0, 0.05) is 54.3 Å². The Kier molecular flexibility index (Phi) is 12.9. The SMILES string of the molecule is [C-]#[N+]c1ccnc(NC(=O)c2ccc(-c3nn([C@@H]4CCN(C(=O)OC(C)(C)C)C4)c4ncnc(N)c34)cc2)c1.[C-]#[N+]c1ccnc(NC(=O)c2ccc(-c3nn([C@@H]4CCNC4)c4ncnc(N)c34)cc2)c1. The average molecular weight is 951 g/mol. The van der Waals surface area contributed by atoms with Crippen molar-refractivity contribution in [2.45, 2.75) is 51.3 Å². The zero-order chi connectivity index (χ0) is 49.8. The van der Waals surface area contributed by atoms with Crippen LogP contribution in [-0.4, -0.2) is 104 Å². The molecule has 0 radical (unpaired) electrons. The van der Waals surface area contributed by atoms with Crippen LogP contribution in [0.5, 0.6) is 0 Å². The highest BCUT2D eigenvalue weighted by Gasteiger charge is 2.33. The molecule has 0 bridgehead atoms. The molecule has 7 N–H and O–H groups in total. The minimum Gasteiger partial charge on any atom is -0.444 e. The summed E-state index contributed by atoms with van der Waals surface area (Å²) in [6, 6.07) is 20.2. The van der Waals surface area contributed by atoms with E-state index in [0.717, 1.165) is 30.6 Å².